The van der Waals surface area contributed by atoms with Gasteiger partial charge in [0.25, 0.3) is 0 Å². The summed E-state index contributed by atoms with van der Waals surface area (Å²) < 4.78 is 6.47. The van der Waals surface area contributed by atoms with E-state index in [2.05, 4.69) is 20.9 Å². The molecule has 1 aromatic carbocycles. The van der Waals surface area contributed by atoms with Crippen LogP contribution in [0.15, 0.2) is 41.1 Å². The lowest BCUT2D eigenvalue weighted by Crippen LogP contribution is -1.88. The Morgan fingerprint density at radius 3 is 2.76 bits per heavy atom. The molecule has 0 radical (unpaired) electrons. The van der Waals surface area contributed by atoms with Gasteiger partial charge < -0.3 is 4.74 Å². The first-order chi connectivity index (χ1) is 8.19. The third-order valence-electron chi connectivity index (χ3n) is 2.05. The number of alkyl halides is 1. The fraction of sp³-hybridized carbons (Fsp3) is 0.0833. The number of pyridine rings is 1. The highest BCUT2D eigenvalue weighted by molar-refractivity contribution is 9.10. The maximum atomic E-state index is 5.85. The van der Waals surface area contributed by atoms with Gasteiger partial charge in [-0.05, 0) is 45.8 Å². The molecule has 1 heterocycles. The minimum absolute atomic E-state index is 0.409. The maximum Gasteiger partial charge on any atom is 0.146 e. The summed E-state index contributed by atoms with van der Waals surface area (Å²) in [6.07, 6.45) is 3.34. The normalized spacial score (nSPS) is 10.3. The number of ether oxygens (including phenoxy) is 1. The highest BCUT2D eigenvalue weighted by Gasteiger charge is 2.04. The van der Waals surface area contributed by atoms with Crippen molar-refractivity contribution in [3.05, 3.63) is 51.7 Å². The number of hydrogen-bond donors (Lipinski definition) is 0. The Labute approximate surface area is 118 Å². The van der Waals surface area contributed by atoms with Crippen molar-refractivity contribution in [2.75, 3.05) is 0 Å². The third kappa shape index (κ3) is 3.35. The summed E-state index contributed by atoms with van der Waals surface area (Å²) in [6.45, 7) is 0. The largest absolute Gasteiger partial charge is 0.455 e. The van der Waals surface area contributed by atoms with Crippen molar-refractivity contribution in [1.82, 2.24) is 4.98 Å². The molecule has 2 aromatic rings. The summed E-state index contributed by atoms with van der Waals surface area (Å²) in [5.74, 6) is 1.74. The number of rotatable bonds is 3. The molecule has 0 aliphatic heterocycles. The zero-order valence-corrected chi connectivity index (χ0v) is 11.8. The topological polar surface area (TPSA) is 22.1 Å². The molecule has 17 heavy (non-hydrogen) atoms. The number of benzene rings is 1. The average Bonchev–Trinajstić information content (AvgIpc) is 2.33. The van der Waals surface area contributed by atoms with Crippen molar-refractivity contribution in [2.45, 2.75) is 5.88 Å². The first-order valence-electron chi connectivity index (χ1n) is 4.82. The second-order valence-corrected chi connectivity index (χ2v) is 4.90. The first-order valence-corrected chi connectivity index (χ1v) is 6.52. The van der Waals surface area contributed by atoms with Crippen LogP contribution in [0.1, 0.15) is 5.56 Å². The molecule has 0 amide bonds. The summed E-state index contributed by atoms with van der Waals surface area (Å²) in [4.78, 5) is 4.05. The second kappa shape index (κ2) is 5.71. The van der Waals surface area contributed by atoms with Crippen LogP contribution < -0.4 is 4.74 Å². The Hall–Kier alpha value is -0.770. The first kappa shape index (κ1) is 12.7. The van der Waals surface area contributed by atoms with Crippen molar-refractivity contribution in [3.63, 3.8) is 0 Å². The number of halogens is 3. The van der Waals surface area contributed by atoms with Crippen molar-refractivity contribution in [1.29, 1.82) is 0 Å². The van der Waals surface area contributed by atoms with E-state index < -0.39 is 0 Å². The van der Waals surface area contributed by atoms with Gasteiger partial charge in [0, 0.05) is 17.1 Å². The van der Waals surface area contributed by atoms with E-state index in [1.807, 2.05) is 6.07 Å². The van der Waals surface area contributed by atoms with E-state index in [4.69, 9.17) is 27.9 Å². The lowest BCUT2D eigenvalue weighted by Gasteiger charge is -2.08. The molecule has 0 saturated carbocycles. The molecule has 0 aliphatic carbocycles. The predicted octanol–water partition coefficient (Wildman–Crippen LogP) is 5.03. The summed E-state index contributed by atoms with van der Waals surface area (Å²) in [5.41, 5.74) is 0.911. The van der Waals surface area contributed by atoms with Crippen LogP contribution in [0, 0.1) is 0 Å². The lowest BCUT2D eigenvalue weighted by molar-refractivity contribution is 0.477. The summed E-state index contributed by atoms with van der Waals surface area (Å²) in [5, 5.41) is 0.650. The Morgan fingerprint density at radius 2 is 2.06 bits per heavy atom. The Kier molecular flexibility index (Phi) is 4.26. The van der Waals surface area contributed by atoms with Crippen molar-refractivity contribution in [2.24, 2.45) is 0 Å². The van der Waals surface area contributed by atoms with Crippen LogP contribution >= 0.6 is 39.1 Å². The van der Waals surface area contributed by atoms with E-state index >= 15 is 0 Å². The molecule has 88 valence electrons. The Morgan fingerprint density at radius 1 is 1.24 bits per heavy atom. The maximum absolute atomic E-state index is 5.85. The van der Waals surface area contributed by atoms with Crippen LogP contribution in [-0.2, 0) is 5.88 Å². The number of aromatic nitrogens is 1. The lowest BCUT2D eigenvalue weighted by atomic mass is 10.3. The van der Waals surface area contributed by atoms with E-state index in [9.17, 15) is 0 Å². The van der Waals surface area contributed by atoms with Gasteiger partial charge in [0.05, 0.1) is 10.7 Å². The van der Waals surface area contributed by atoms with Crippen LogP contribution in [0.25, 0.3) is 0 Å². The van der Waals surface area contributed by atoms with E-state index in [0.717, 1.165) is 10.0 Å². The van der Waals surface area contributed by atoms with E-state index in [1.165, 1.54) is 0 Å². The fourth-order valence-electron chi connectivity index (χ4n) is 1.28. The minimum atomic E-state index is 0.409. The molecule has 2 rings (SSSR count). The standard InChI is InChI=1S/C12H8BrCl2NO/c13-11-4-9(15)1-2-12(11)17-10-3-8(5-14)6-16-7-10/h1-4,6-7H,5H2. The van der Waals surface area contributed by atoms with Gasteiger partial charge in [-0.2, -0.15) is 0 Å². The molecule has 1 aromatic heterocycles. The van der Waals surface area contributed by atoms with Crippen LogP contribution in [0.2, 0.25) is 5.02 Å². The average molecular weight is 333 g/mol. The van der Waals surface area contributed by atoms with E-state index in [0.29, 0.717) is 22.4 Å². The second-order valence-electron chi connectivity index (χ2n) is 3.34. The van der Waals surface area contributed by atoms with Crippen LogP contribution in [0.3, 0.4) is 0 Å². The molecule has 2 nitrogen and oxygen atoms in total. The summed E-state index contributed by atoms with van der Waals surface area (Å²) in [6, 6.07) is 7.18. The van der Waals surface area contributed by atoms with Crippen LogP contribution in [0.5, 0.6) is 11.5 Å². The van der Waals surface area contributed by atoms with Gasteiger partial charge in [0.1, 0.15) is 11.5 Å². The van der Waals surface area contributed by atoms with Gasteiger partial charge in [-0.25, -0.2) is 0 Å². The monoisotopic (exact) mass is 331 g/mol. The molecule has 5 heteroatoms. The van der Waals surface area contributed by atoms with Gasteiger partial charge in [0.2, 0.25) is 0 Å². The predicted molar refractivity (Wildman–Crippen MR) is 73.0 cm³/mol. The van der Waals surface area contributed by atoms with E-state index in [1.54, 1.807) is 30.6 Å². The number of hydrogen-bond acceptors (Lipinski definition) is 2. The van der Waals surface area contributed by atoms with Crippen molar-refractivity contribution >= 4 is 39.1 Å². The molecule has 0 atom stereocenters. The summed E-state index contributed by atoms with van der Waals surface area (Å²) in [7, 11) is 0. The molecule has 0 aliphatic rings. The molecular formula is C12H8BrCl2NO. The number of nitrogens with zero attached hydrogens (tertiary/aromatic N) is 1. The third-order valence-corrected chi connectivity index (χ3v) is 3.21. The zero-order valence-electron chi connectivity index (χ0n) is 8.66. The van der Waals surface area contributed by atoms with Gasteiger partial charge in [-0.3, -0.25) is 4.98 Å². The zero-order chi connectivity index (χ0) is 12.3. The molecular weight excluding hydrogens is 325 g/mol. The molecule has 0 bridgehead atoms. The Balaban J connectivity index is 2.25. The highest BCUT2D eigenvalue weighted by Crippen LogP contribution is 2.31. The molecule has 0 N–H and O–H groups in total. The smallest absolute Gasteiger partial charge is 0.146 e. The van der Waals surface area contributed by atoms with Gasteiger partial charge in [0.15, 0.2) is 0 Å². The van der Waals surface area contributed by atoms with Gasteiger partial charge >= 0.3 is 0 Å². The fourth-order valence-corrected chi connectivity index (χ4v) is 2.19. The van der Waals surface area contributed by atoms with Gasteiger partial charge in [-0.15, -0.1) is 11.6 Å². The summed E-state index contributed by atoms with van der Waals surface area (Å²) >= 11 is 15.0. The van der Waals surface area contributed by atoms with Gasteiger partial charge in [-0.1, -0.05) is 11.6 Å². The molecule has 0 saturated heterocycles. The SMILES string of the molecule is ClCc1cncc(Oc2ccc(Cl)cc2Br)c1. The highest BCUT2D eigenvalue weighted by atomic mass is 79.9. The molecule has 0 unspecified atom stereocenters. The van der Waals surface area contributed by atoms with Crippen molar-refractivity contribution < 1.29 is 4.74 Å². The molecule has 0 spiro atoms. The minimum Gasteiger partial charge on any atom is -0.455 e. The van der Waals surface area contributed by atoms with E-state index in [-0.39, 0.29) is 0 Å². The quantitative estimate of drug-likeness (QED) is 0.735. The van der Waals surface area contributed by atoms with Crippen LogP contribution in [0.4, 0.5) is 0 Å². The Bertz CT molecular complexity index is 534. The van der Waals surface area contributed by atoms with Crippen LogP contribution in [-0.4, -0.2) is 4.98 Å². The molecule has 0 fully saturated rings. The van der Waals surface area contributed by atoms with Crippen molar-refractivity contribution in [3.8, 4) is 11.5 Å².